The molecular weight excluding hydrogens is 720 g/mol. The summed E-state index contributed by atoms with van der Waals surface area (Å²) in [5.74, 6) is -2.76. The molecule has 0 atom stereocenters. The molecule has 0 radical (unpaired) electrons. The molecule has 0 bridgehead atoms. The van der Waals surface area contributed by atoms with Crippen molar-refractivity contribution in [2.24, 2.45) is 0 Å². The second kappa shape index (κ2) is 30.7. The Morgan fingerprint density at radius 1 is 0.411 bits per heavy atom. The summed E-state index contributed by atoms with van der Waals surface area (Å²) in [6.07, 6.45) is 24.4. The van der Waals surface area contributed by atoms with E-state index >= 15 is 0 Å². The first-order valence-corrected chi connectivity index (χ1v) is 20.4. The zero-order valence-electron chi connectivity index (χ0n) is 34.8. The van der Waals surface area contributed by atoms with Crippen LogP contribution in [0.5, 0.6) is 23.0 Å². The van der Waals surface area contributed by atoms with Gasteiger partial charge in [0.05, 0.1) is 41.7 Å². The number of hydrogen-bond donors (Lipinski definition) is 2. The largest absolute Gasteiger partial charge is 0.496 e. The number of esters is 2. The van der Waals surface area contributed by atoms with Crippen LogP contribution in [0.4, 0.5) is 0 Å². The Morgan fingerprint density at radius 3 is 1.04 bits per heavy atom. The van der Waals surface area contributed by atoms with Crippen molar-refractivity contribution in [3.8, 4) is 23.0 Å². The van der Waals surface area contributed by atoms with E-state index < -0.39 is 23.9 Å². The maximum atomic E-state index is 12.1. The molecule has 0 amide bonds. The Kier molecular flexibility index (Phi) is 27.2. The van der Waals surface area contributed by atoms with E-state index in [1.54, 1.807) is 0 Å². The molecular formula is C44H68O12. The van der Waals surface area contributed by atoms with Crippen LogP contribution in [-0.2, 0) is 9.47 Å². The second-order valence-corrected chi connectivity index (χ2v) is 13.8. The Balaban J connectivity index is 0.000000561. The van der Waals surface area contributed by atoms with Crippen LogP contribution in [0, 0.1) is 0 Å². The van der Waals surface area contributed by atoms with E-state index in [0.717, 1.165) is 38.2 Å². The van der Waals surface area contributed by atoms with Gasteiger partial charge in [0.2, 0.25) is 0 Å². The Bertz CT molecular complexity index is 1440. The molecule has 2 rings (SSSR count). The minimum Gasteiger partial charge on any atom is -0.496 e. The third-order valence-electron chi connectivity index (χ3n) is 9.39. The minimum atomic E-state index is -1.24. The van der Waals surface area contributed by atoms with Gasteiger partial charge in [0, 0.05) is 12.1 Å². The number of unbranched alkanes of at least 4 members (excludes halogenated alkanes) is 18. The van der Waals surface area contributed by atoms with E-state index in [2.05, 4.69) is 13.8 Å². The molecule has 0 saturated heterocycles. The third kappa shape index (κ3) is 19.4. The van der Waals surface area contributed by atoms with E-state index in [1.807, 2.05) is 0 Å². The summed E-state index contributed by atoms with van der Waals surface area (Å²) >= 11 is 0. The zero-order chi connectivity index (χ0) is 41.6. The maximum Gasteiger partial charge on any atom is 0.341 e. The summed E-state index contributed by atoms with van der Waals surface area (Å²) in [7, 11) is 5.35. The van der Waals surface area contributed by atoms with Gasteiger partial charge in [-0.1, -0.05) is 129 Å². The van der Waals surface area contributed by atoms with Gasteiger partial charge in [0.15, 0.2) is 0 Å². The fourth-order valence-corrected chi connectivity index (χ4v) is 6.12. The number of carboxylic acids is 2. The number of carbonyl (C=O) groups is 4. The standard InChI is InChI=1S/C23H36O6.C21H32O6/c1-5-6-7-8-9-10-11-12-13-14-15-29-21-17-20(26-2)18(22(24)27-3)16-19(21)23(25)28-4;1-3-4-5-6-7-8-9-10-11-12-13-27-19-15-18(26-2)16(20(22)23)14-17(19)21(24)25/h16-17H,5-15H2,1-4H3;14-15H,3-13H2,1-2H3,(H,22,23)(H,24,25). The molecule has 2 aromatic carbocycles. The fraction of sp³-hybridized carbons (Fsp3) is 0.636. The molecule has 0 heterocycles. The summed E-state index contributed by atoms with van der Waals surface area (Å²) in [5, 5.41) is 18.5. The number of hydrogen-bond acceptors (Lipinski definition) is 10. The molecule has 0 aliphatic rings. The second-order valence-electron chi connectivity index (χ2n) is 13.8. The first-order valence-electron chi connectivity index (χ1n) is 20.4. The van der Waals surface area contributed by atoms with Crippen molar-refractivity contribution in [1.82, 2.24) is 0 Å². The van der Waals surface area contributed by atoms with E-state index in [1.165, 1.54) is 143 Å². The van der Waals surface area contributed by atoms with Gasteiger partial charge in [0.1, 0.15) is 45.3 Å². The molecule has 56 heavy (non-hydrogen) atoms. The normalized spacial score (nSPS) is 10.5. The van der Waals surface area contributed by atoms with Crippen LogP contribution in [0.1, 0.15) is 184 Å². The highest BCUT2D eigenvalue weighted by Gasteiger charge is 2.23. The summed E-state index contributed by atoms with van der Waals surface area (Å²) in [4.78, 5) is 46.6. The topological polar surface area (TPSA) is 164 Å². The molecule has 316 valence electrons. The van der Waals surface area contributed by atoms with Crippen LogP contribution in [0.15, 0.2) is 24.3 Å². The SMILES string of the molecule is CCCCCCCCCCCCOc1cc(OC)c(C(=O)O)cc1C(=O)O.CCCCCCCCCCCCOc1cc(OC)c(C(=O)OC)cc1C(=O)OC. The lowest BCUT2D eigenvalue weighted by atomic mass is 10.1. The lowest BCUT2D eigenvalue weighted by Gasteiger charge is -2.14. The number of carboxylic acid groups (broad SMARTS) is 2. The molecule has 0 aliphatic heterocycles. The van der Waals surface area contributed by atoms with Crippen LogP contribution in [0.3, 0.4) is 0 Å². The lowest BCUT2D eigenvalue weighted by Crippen LogP contribution is -2.11. The van der Waals surface area contributed by atoms with Gasteiger partial charge >= 0.3 is 23.9 Å². The molecule has 0 saturated carbocycles. The summed E-state index contributed by atoms with van der Waals surface area (Å²) < 4.78 is 31.3. The molecule has 0 spiro atoms. The molecule has 0 unspecified atom stereocenters. The minimum absolute atomic E-state index is 0.0885. The van der Waals surface area contributed by atoms with Crippen molar-refractivity contribution >= 4 is 23.9 Å². The molecule has 12 heteroatoms. The van der Waals surface area contributed by atoms with Gasteiger partial charge in [-0.15, -0.1) is 0 Å². The highest BCUT2D eigenvalue weighted by atomic mass is 16.5. The van der Waals surface area contributed by atoms with Crippen molar-refractivity contribution in [2.45, 2.75) is 142 Å². The average Bonchev–Trinajstić information content (AvgIpc) is 3.20. The number of methoxy groups -OCH3 is 4. The molecule has 0 aliphatic carbocycles. The molecule has 2 aromatic rings. The van der Waals surface area contributed by atoms with Crippen LogP contribution in [0.2, 0.25) is 0 Å². The van der Waals surface area contributed by atoms with Gasteiger partial charge in [0.25, 0.3) is 0 Å². The van der Waals surface area contributed by atoms with Gasteiger partial charge < -0.3 is 38.6 Å². The summed E-state index contributed by atoms with van der Waals surface area (Å²) in [6, 6.07) is 5.35. The molecule has 2 N–H and O–H groups in total. The van der Waals surface area contributed by atoms with E-state index in [-0.39, 0.29) is 33.8 Å². The van der Waals surface area contributed by atoms with E-state index in [9.17, 15) is 24.3 Å². The zero-order valence-corrected chi connectivity index (χ0v) is 34.8. The number of rotatable bonds is 30. The van der Waals surface area contributed by atoms with Crippen LogP contribution in [-0.4, -0.2) is 75.7 Å². The van der Waals surface area contributed by atoms with E-state index in [4.69, 9.17) is 33.5 Å². The van der Waals surface area contributed by atoms with Crippen LogP contribution in [0.25, 0.3) is 0 Å². The van der Waals surface area contributed by atoms with Crippen molar-refractivity contribution in [3.05, 3.63) is 46.5 Å². The number of carbonyl (C=O) groups excluding carboxylic acids is 2. The monoisotopic (exact) mass is 788 g/mol. The quantitative estimate of drug-likeness (QED) is 0.0569. The van der Waals surface area contributed by atoms with E-state index in [0.29, 0.717) is 24.7 Å². The highest BCUT2D eigenvalue weighted by Crippen LogP contribution is 2.32. The van der Waals surface area contributed by atoms with Gasteiger partial charge in [-0.05, 0) is 25.0 Å². The number of ether oxygens (including phenoxy) is 6. The highest BCUT2D eigenvalue weighted by molar-refractivity contribution is 5.99. The summed E-state index contributed by atoms with van der Waals surface area (Å²) in [6.45, 7) is 5.34. The van der Waals surface area contributed by atoms with Crippen LogP contribution < -0.4 is 18.9 Å². The predicted molar refractivity (Wildman–Crippen MR) is 217 cm³/mol. The Hall–Kier alpha value is -4.48. The smallest absolute Gasteiger partial charge is 0.341 e. The molecule has 12 nitrogen and oxygen atoms in total. The maximum absolute atomic E-state index is 12.1. The fourth-order valence-electron chi connectivity index (χ4n) is 6.12. The van der Waals surface area contributed by atoms with Crippen molar-refractivity contribution in [2.75, 3.05) is 41.7 Å². The molecule has 0 aromatic heterocycles. The lowest BCUT2D eigenvalue weighted by molar-refractivity contribution is 0.0589. The van der Waals surface area contributed by atoms with Gasteiger partial charge in [-0.3, -0.25) is 0 Å². The first kappa shape index (κ1) is 49.5. The average molecular weight is 789 g/mol. The van der Waals surface area contributed by atoms with Crippen molar-refractivity contribution in [3.63, 3.8) is 0 Å². The number of benzene rings is 2. The first-order chi connectivity index (χ1) is 27.1. The Morgan fingerprint density at radius 2 is 0.696 bits per heavy atom. The van der Waals surface area contributed by atoms with Crippen molar-refractivity contribution < 1.29 is 57.8 Å². The van der Waals surface area contributed by atoms with Gasteiger partial charge in [-0.2, -0.15) is 0 Å². The predicted octanol–water partition coefficient (Wildman–Crippen LogP) is 11.0. The van der Waals surface area contributed by atoms with Crippen LogP contribution >= 0.6 is 0 Å². The van der Waals surface area contributed by atoms with Gasteiger partial charge in [-0.25, -0.2) is 19.2 Å². The number of aromatic carboxylic acids is 2. The Labute approximate surface area is 334 Å². The van der Waals surface area contributed by atoms with Crippen molar-refractivity contribution in [1.29, 1.82) is 0 Å². The molecule has 0 fully saturated rings. The summed E-state index contributed by atoms with van der Waals surface area (Å²) in [5.41, 5.74) is -0.0241. The third-order valence-corrected chi connectivity index (χ3v) is 9.39.